The Kier molecular flexibility index (Phi) is 3.16. The van der Waals surface area contributed by atoms with Gasteiger partial charge in [0.2, 0.25) is 5.91 Å². The Morgan fingerprint density at radius 1 is 1.11 bits per heavy atom. The van der Waals surface area contributed by atoms with Gasteiger partial charge in [0.05, 0.1) is 5.60 Å². The van der Waals surface area contributed by atoms with Crippen LogP contribution in [0.2, 0.25) is 0 Å². The summed E-state index contributed by atoms with van der Waals surface area (Å²) in [7, 11) is 0. The Morgan fingerprint density at radius 2 is 1.58 bits per heavy atom. The van der Waals surface area contributed by atoms with Gasteiger partial charge in [0, 0.05) is 5.54 Å². The molecule has 4 bridgehead atoms. The fraction of sp³-hybridized carbons (Fsp3) is 0.938. The fourth-order valence-corrected chi connectivity index (χ4v) is 4.88. The van der Waals surface area contributed by atoms with Crippen LogP contribution in [-0.2, 0) is 9.53 Å². The highest BCUT2D eigenvalue weighted by molar-refractivity contribution is 5.78. The molecule has 0 aromatic rings. The number of carbonyl (C=O) groups excluding carboxylic acids is 1. The molecule has 0 saturated heterocycles. The van der Waals surface area contributed by atoms with Crippen molar-refractivity contribution in [2.75, 3.05) is 6.61 Å². The summed E-state index contributed by atoms with van der Waals surface area (Å²) in [4.78, 5) is 12.1. The van der Waals surface area contributed by atoms with Gasteiger partial charge in [-0.25, -0.2) is 0 Å². The topological polar surface area (TPSA) is 38.3 Å². The van der Waals surface area contributed by atoms with Gasteiger partial charge in [-0.3, -0.25) is 4.79 Å². The van der Waals surface area contributed by atoms with Crippen molar-refractivity contribution in [1.82, 2.24) is 5.32 Å². The Hall–Kier alpha value is -0.570. The molecule has 0 aliphatic heterocycles. The van der Waals surface area contributed by atoms with Gasteiger partial charge in [-0.15, -0.1) is 0 Å². The second-order valence-corrected chi connectivity index (χ2v) is 8.15. The molecule has 4 aliphatic carbocycles. The van der Waals surface area contributed by atoms with Crippen LogP contribution < -0.4 is 5.32 Å². The highest BCUT2D eigenvalue weighted by atomic mass is 16.5. The van der Waals surface area contributed by atoms with E-state index in [-0.39, 0.29) is 23.7 Å². The minimum absolute atomic E-state index is 0.0804. The average molecular weight is 265 g/mol. The first-order chi connectivity index (χ1) is 8.84. The van der Waals surface area contributed by atoms with Crippen molar-refractivity contribution < 1.29 is 9.53 Å². The van der Waals surface area contributed by atoms with Gasteiger partial charge >= 0.3 is 0 Å². The third-order valence-corrected chi connectivity index (χ3v) is 5.08. The standard InChI is InChI=1S/C16H27NO2/c1-15(2,3)19-10-14(18)17-16-7-11-4-12(8-16)6-13(5-11)9-16/h11-13H,4-10H2,1-3H3,(H,17,18). The number of nitrogens with one attached hydrogen (secondary N) is 1. The number of hydrogen-bond donors (Lipinski definition) is 1. The summed E-state index contributed by atoms with van der Waals surface area (Å²) in [6, 6.07) is 0. The van der Waals surface area contributed by atoms with Gasteiger partial charge in [0.25, 0.3) is 0 Å². The van der Waals surface area contributed by atoms with Crippen molar-refractivity contribution in [2.24, 2.45) is 17.8 Å². The summed E-state index contributed by atoms with van der Waals surface area (Å²) < 4.78 is 5.59. The van der Waals surface area contributed by atoms with Crippen LogP contribution in [0.5, 0.6) is 0 Å². The zero-order valence-electron chi connectivity index (χ0n) is 12.5. The zero-order chi connectivity index (χ0) is 13.7. The lowest BCUT2D eigenvalue weighted by atomic mass is 9.53. The van der Waals surface area contributed by atoms with E-state index in [1.165, 1.54) is 38.5 Å². The monoisotopic (exact) mass is 265 g/mol. The van der Waals surface area contributed by atoms with E-state index < -0.39 is 0 Å². The molecular formula is C16H27NO2. The molecule has 4 rings (SSSR count). The van der Waals surface area contributed by atoms with E-state index in [2.05, 4.69) is 5.32 Å². The summed E-state index contributed by atoms with van der Waals surface area (Å²) in [5, 5.41) is 3.33. The van der Waals surface area contributed by atoms with Crippen LogP contribution in [0.1, 0.15) is 59.3 Å². The van der Waals surface area contributed by atoms with Crippen LogP contribution in [0, 0.1) is 17.8 Å². The first-order valence-corrected chi connectivity index (χ1v) is 7.79. The normalized spacial score (nSPS) is 40.5. The summed E-state index contributed by atoms with van der Waals surface area (Å²) in [5.74, 6) is 2.69. The van der Waals surface area contributed by atoms with Crippen molar-refractivity contribution in [3.8, 4) is 0 Å². The molecular weight excluding hydrogens is 238 g/mol. The van der Waals surface area contributed by atoms with E-state index in [0.717, 1.165) is 17.8 Å². The number of rotatable bonds is 3. The summed E-state index contributed by atoms with van der Waals surface area (Å²) in [6.45, 7) is 6.17. The van der Waals surface area contributed by atoms with Crippen molar-refractivity contribution in [1.29, 1.82) is 0 Å². The van der Waals surface area contributed by atoms with Gasteiger partial charge in [-0.05, 0) is 77.0 Å². The Bertz CT molecular complexity index is 334. The van der Waals surface area contributed by atoms with Crippen LogP contribution >= 0.6 is 0 Å². The SMILES string of the molecule is CC(C)(C)OCC(=O)NC12CC3CC(CC(C3)C1)C2. The molecule has 0 radical (unpaired) electrons. The molecule has 19 heavy (non-hydrogen) atoms. The Balaban J connectivity index is 1.59. The Morgan fingerprint density at radius 3 is 2.00 bits per heavy atom. The minimum atomic E-state index is -0.237. The average Bonchev–Trinajstić information content (AvgIpc) is 2.22. The molecule has 108 valence electrons. The number of carbonyl (C=O) groups is 1. The molecule has 1 N–H and O–H groups in total. The lowest BCUT2D eigenvalue weighted by molar-refractivity contribution is -0.136. The molecule has 1 amide bonds. The fourth-order valence-electron chi connectivity index (χ4n) is 4.88. The molecule has 0 atom stereocenters. The maximum atomic E-state index is 12.1. The molecule has 4 saturated carbocycles. The van der Waals surface area contributed by atoms with E-state index in [9.17, 15) is 4.79 Å². The lowest BCUT2D eigenvalue weighted by Gasteiger charge is -2.56. The van der Waals surface area contributed by atoms with Crippen LogP contribution in [-0.4, -0.2) is 23.7 Å². The minimum Gasteiger partial charge on any atom is -0.366 e. The molecule has 0 spiro atoms. The first kappa shape index (κ1) is 13.4. The van der Waals surface area contributed by atoms with E-state index in [1.807, 2.05) is 20.8 Å². The zero-order valence-corrected chi connectivity index (χ0v) is 12.5. The van der Waals surface area contributed by atoms with Crippen molar-refractivity contribution in [3.05, 3.63) is 0 Å². The largest absolute Gasteiger partial charge is 0.366 e. The molecule has 3 nitrogen and oxygen atoms in total. The quantitative estimate of drug-likeness (QED) is 0.852. The summed E-state index contributed by atoms with van der Waals surface area (Å²) >= 11 is 0. The molecule has 4 fully saturated rings. The summed E-state index contributed by atoms with van der Waals surface area (Å²) in [5.41, 5.74) is -0.119. The number of hydrogen-bond acceptors (Lipinski definition) is 2. The molecule has 0 aromatic carbocycles. The Labute approximate surface area is 116 Å². The van der Waals surface area contributed by atoms with E-state index in [4.69, 9.17) is 4.74 Å². The van der Waals surface area contributed by atoms with Crippen molar-refractivity contribution >= 4 is 5.91 Å². The predicted molar refractivity (Wildman–Crippen MR) is 74.8 cm³/mol. The van der Waals surface area contributed by atoms with Gasteiger partial charge < -0.3 is 10.1 Å². The van der Waals surface area contributed by atoms with Crippen LogP contribution in [0.15, 0.2) is 0 Å². The van der Waals surface area contributed by atoms with Gasteiger partial charge in [-0.2, -0.15) is 0 Å². The highest BCUT2D eigenvalue weighted by Gasteiger charge is 2.51. The van der Waals surface area contributed by atoms with Crippen molar-refractivity contribution in [2.45, 2.75) is 70.4 Å². The number of amides is 1. The molecule has 0 unspecified atom stereocenters. The molecule has 0 aromatic heterocycles. The maximum absolute atomic E-state index is 12.1. The molecule has 3 heteroatoms. The van der Waals surface area contributed by atoms with Gasteiger partial charge in [-0.1, -0.05) is 0 Å². The second kappa shape index (κ2) is 4.47. The van der Waals surface area contributed by atoms with Crippen LogP contribution in [0.3, 0.4) is 0 Å². The molecule has 0 heterocycles. The van der Waals surface area contributed by atoms with E-state index in [1.54, 1.807) is 0 Å². The number of ether oxygens (including phenoxy) is 1. The van der Waals surface area contributed by atoms with Crippen molar-refractivity contribution in [3.63, 3.8) is 0 Å². The third-order valence-electron chi connectivity index (χ3n) is 5.08. The van der Waals surface area contributed by atoms with Gasteiger partial charge in [0.15, 0.2) is 0 Å². The molecule has 4 aliphatic rings. The third kappa shape index (κ3) is 2.96. The maximum Gasteiger partial charge on any atom is 0.246 e. The van der Waals surface area contributed by atoms with Crippen LogP contribution in [0.4, 0.5) is 0 Å². The lowest BCUT2D eigenvalue weighted by Crippen LogP contribution is -2.60. The van der Waals surface area contributed by atoms with Gasteiger partial charge in [0.1, 0.15) is 6.61 Å². The predicted octanol–water partition coefficient (Wildman–Crippen LogP) is 2.89. The summed E-state index contributed by atoms with van der Waals surface area (Å²) in [6.07, 6.45) is 7.86. The van der Waals surface area contributed by atoms with E-state index >= 15 is 0 Å². The second-order valence-electron chi connectivity index (χ2n) is 8.15. The smallest absolute Gasteiger partial charge is 0.246 e. The highest BCUT2D eigenvalue weighted by Crippen LogP contribution is 2.55. The first-order valence-electron chi connectivity index (χ1n) is 7.79. The van der Waals surface area contributed by atoms with E-state index in [0.29, 0.717) is 0 Å². The van der Waals surface area contributed by atoms with Crippen LogP contribution in [0.25, 0.3) is 0 Å².